The van der Waals surface area contributed by atoms with Crippen LogP contribution in [-0.4, -0.2) is 21.7 Å². The number of carbonyl (C=O) groups is 1. The van der Waals surface area contributed by atoms with Gasteiger partial charge >= 0.3 is 0 Å². The maximum absolute atomic E-state index is 10.5. The van der Waals surface area contributed by atoms with Crippen LogP contribution in [0.5, 0.6) is 0 Å². The Balaban J connectivity index is 4.19. The molecular weight excluding hydrogens is 180 g/mol. The lowest BCUT2D eigenvalue weighted by Gasteiger charge is -2.29. The van der Waals surface area contributed by atoms with Gasteiger partial charge in [-0.05, 0) is 18.9 Å². The van der Waals surface area contributed by atoms with Crippen LogP contribution in [0.2, 0.25) is 5.04 Å². The van der Waals surface area contributed by atoms with Gasteiger partial charge in [-0.2, -0.15) is 0 Å². The summed E-state index contributed by atoms with van der Waals surface area (Å²) in [6, 6.07) is 0. The molecule has 0 aromatic heterocycles. The fraction of sp³-hybridized carbons (Fsp3) is 0.700. The van der Waals surface area contributed by atoms with Gasteiger partial charge in [0.2, 0.25) is 0 Å². The molecule has 76 valence electrons. The first-order valence-electron chi connectivity index (χ1n) is 4.47. The zero-order valence-electron chi connectivity index (χ0n) is 9.31. The molecule has 13 heavy (non-hydrogen) atoms. The highest BCUT2D eigenvalue weighted by Crippen LogP contribution is 2.25. The van der Waals surface area contributed by atoms with Crippen LogP contribution in [0.3, 0.4) is 0 Å². The molecule has 0 rings (SSSR count). The van der Waals surface area contributed by atoms with Gasteiger partial charge in [0.15, 0.2) is 9.76 Å². The Morgan fingerprint density at radius 1 is 1.31 bits per heavy atom. The summed E-state index contributed by atoms with van der Waals surface area (Å²) in [4.78, 5) is 10.5. The summed E-state index contributed by atoms with van der Waals surface area (Å²) in [5.74, 6) is 0. The van der Waals surface area contributed by atoms with E-state index in [4.69, 9.17) is 4.43 Å². The fourth-order valence-corrected chi connectivity index (χ4v) is 1.61. The van der Waals surface area contributed by atoms with Crippen LogP contribution in [0.15, 0.2) is 12.2 Å². The van der Waals surface area contributed by atoms with E-state index in [2.05, 4.69) is 27.4 Å². The summed E-state index contributed by atoms with van der Waals surface area (Å²) in [5.41, 5.74) is 0.0330. The van der Waals surface area contributed by atoms with E-state index in [1.807, 2.05) is 13.8 Å². The third-order valence-corrected chi connectivity index (χ3v) is 3.51. The second-order valence-electron chi connectivity index (χ2n) is 5.00. The summed E-state index contributed by atoms with van der Waals surface area (Å²) in [6.07, 6.45) is 0.775. The van der Waals surface area contributed by atoms with E-state index >= 15 is 0 Å². The van der Waals surface area contributed by atoms with Crippen molar-refractivity contribution in [2.45, 2.75) is 45.3 Å². The molecule has 0 spiro atoms. The van der Waals surface area contributed by atoms with E-state index in [9.17, 15) is 4.79 Å². The van der Waals surface area contributed by atoms with Crippen LogP contribution in [0.4, 0.5) is 0 Å². The third-order valence-electron chi connectivity index (χ3n) is 1.78. The van der Waals surface area contributed by atoms with Crippen molar-refractivity contribution >= 4 is 16.0 Å². The van der Waals surface area contributed by atoms with Crippen LogP contribution in [0.25, 0.3) is 0 Å². The lowest BCUT2D eigenvalue weighted by Crippen LogP contribution is -2.32. The summed E-state index contributed by atoms with van der Waals surface area (Å²) in [6.45, 7) is 13.9. The molecule has 0 bridgehead atoms. The SMILES string of the molecule is C=C(C=O)C(C)(C)O[SiH2]C(C)(C)C. The van der Waals surface area contributed by atoms with Gasteiger partial charge in [0.1, 0.15) is 6.29 Å². The van der Waals surface area contributed by atoms with E-state index < -0.39 is 15.4 Å². The average molecular weight is 200 g/mol. The van der Waals surface area contributed by atoms with E-state index in [0.29, 0.717) is 5.57 Å². The van der Waals surface area contributed by atoms with Crippen molar-refractivity contribution in [3.05, 3.63) is 12.2 Å². The monoisotopic (exact) mass is 200 g/mol. The largest absolute Gasteiger partial charge is 0.414 e. The number of rotatable bonds is 4. The number of carbonyl (C=O) groups excluding carboxylic acids is 1. The molecular formula is C10H20O2Si. The molecule has 0 aliphatic rings. The Bertz CT molecular complexity index is 201. The van der Waals surface area contributed by atoms with E-state index in [0.717, 1.165) is 6.29 Å². The van der Waals surface area contributed by atoms with Crippen molar-refractivity contribution in [1.82, 2.24) is 0 Å². The molecule has 0 aliphatic heterocycles. The quantitative estimate of drug-likeness (QED) is 0.393. The lowest BCUT2D eigenvalue weighted by molar-refractivity contribution is -0.106. The molecule has 0 fully saturated rings. The molecule has 3 heteroatoms. The Hall–Kier alpha value is -0.413. The fourth-order valence-electron chi connectivity index (χ4n) is 0.632. The van der Waals surface area contributed by atoms with Crippen LogP contribution in [0, 0.1) is 0 Å². The first-order valence-corrected chi connectivity index (χ1v) is 5.76. The molecule has 0 amide bonds. The molecule has 0 atom stereocenters. The van der Waals surface area contributed by atoms with Crippen LogP contribution in [0.1, 0.15) is 34.6 Å². The number of hydrogen-bond donors (Lipinski definition) is 0. The molecule has 0 aromatic carbocycles. The Kier molecular flexibility index (Phi) is 4.07. The summed E-state index contributed by atoms with van der Waals surface area (Å²) < 4.78 is 5.75. The molecule has 0 N–H and O–H groups in total. The Morgan fingerprint density at radius 3 is 2.08 bits per heavy atom. The zero-order valence-corrected chi connectivity index (χ0v) is 10.7. The minimum Gasteiger partial charge on any atom is -0.414 e. The van der Waals surface area contributed by atoms with Crippen molar-refractivity contribution in [3.63, 3.8) is 0 Å². The average Bonchev–Trinajstić information content (AvgIpc) is 1.98. The van der Waals surface area contributed by atoms with Crippen molar-refractivity contribution in [2.24, 2.45) is 0 Å². The van der Waals surface area contributed by atoms with Gasteiger partial charge in [-0.3, -0.25) is 4.79 Å². The van der Waals surface area contributed by atoms with Gasteiger partial charge in [-0.1, -0.05) is 27.4 Å². The minimum atomic E-state index is -0.626. The van der Waals surface area contributed by atoms with Crippen LogP contribution < -0.4 is 0 Å². The first-order chi connectivity index (χ1) is 5.69. The topological polar surface area (TPSA) is 26.3 Å². The molecule has 0 unspecified atom stereocenters. The van der Waals surface area contributed by atoms with Gasteiger partial charge in [0, 0.05) is 5.57 Å². The predicted octanol–water partition coefficient (Wildman–Crippen LogP) is 1.84. The molecule has 0 radical (unpaired) electrons. The molecule has 2 nitrogen and oxygen atoms in total. The van der Waals surface area contributed by atoms with Crippen LogP contribution in [-0.2, 0) is 9.22 Å². The maximum Gasteiger partial charge on any atom is 0.168 e. The highest BCUT2D eigenvalue weighted by atomic mass is 28.2. The van der Waals surface area contributed by atoms with Gasteiger partial charge in [0.25, 0.3) is 0 Å². The lowest BCUT2D eigenvalue weighted by atomic mass is 10.0. The van der Waals surface area contributed by atoms with Crippen molar-refractivity contribution in [1.29, 1.82) is 0 Å². The highest BCUT2D eigenvalue weighted by molar-refractivity contribution is 6.32. The van der Waals surface area contributed by atoms with Crippen molar-refractivity contribution < 1.29 is 9.22 Å². The smallest absolute Gasteiger partial charge is 0.168 e. The van der Waals surface area contributed by atoms with E-state index in [1.165, 1.54) is 0 Å². The molecule has 0 saturated carbocycles. The third kappa shape index (κ3) is 5.00. The minimum absolute atomic E-state index is 0.250. The highest BCUT2D eigenvalue weighted by Gasteiger charge is 2.24. The van der Waals surface area contributed by atoms with Gasteiger partial charge in [0.05, 0.1) is 5.60 Å². The molecule has 0 aromatic rings. The zero-order chi connectivity index (χ0) is 10.7. The maximum atomic E-state index is 10.5. The number of aldehydes is 1. The van der Waals surface area contributed by atoms with Crippen LogP contribution >= 0.6 is 0 Å². The Labute approximate surface area is 83.3 Å². The second kappa shape index (κ2) is 4.20. The molecule has 0 heterocycles. The van der Waals surface area contributed by atoms with Crippen molar-refractivity contribution in [2.75, 3.05) is 0 Å². The molecule has 0 saturated heterocycles. The van der Waals surface area contributed by atoms with E-state index in [-0.39, 0.29) is 5.04 Å². The number of hydrogen-bond acceptors (Lipinski definition) is 2. The molecule has 0 aliphatic carbocycles. The van der Waals surface area contributed by atoms with Gasteiger partial charge in [-0.25, -0.2) is 0 Å². The summed E-state index contributed by atoms with van der Waals surface area (Å²) in [5, 5.41) is 0.250. The first kappa shape index (κ1) is 12.6. The summed E-state index contributed by atoms with van der Waals surface area (Å²) >= 11 is 0. The summed E-state index contributed by atoms with van der Waals surface area (Å²) in [7, 11) is -0.626. The predicted molar refractivity (Wildman–Crippen MR) is 58.6 cm³/mol. The van der Waals surface area contributed by atoms with Gasteiger partial charge < -0.3 is 4.43 Å². The van der Waals surface area contributed by atoms with Crippen molar-refractivity contribution in [3.8, 4) is 0 Å². The van der Waals surface area contributed by atoms with E-state index in [1.54, 1.807) is 0 Å². The second-order valence-corrected chi connectivity index (χ2v) is 7.70. The van der Waals surface area contributed by atoms with Gasteiger partial charge in [-0.15, -0.1) is 0 Å². The Morgan fingerprint density at radius 2 is 1.77 bits per heavy atom. The standard InChI is InChI=1S/C10H20O2Si/c1-8(7-11)10(5,6)12-13-9(2,3)4/h7H,1,13H2,2-6H3. The normalized spacial score (nSPS) is 13.6.